The first-order chi connectivity index (χ1) is 16.3. The highest BCUT2D eigenvalue weighted by atomic mass is 32.2. The molecule has 2 aromatic heterocycles. The van der Waals surface area contributed by atoms with E-state index < -0.39 is 5.25 Å². The fourth-order valence-corrected chi connectivity index (χ4v) is 4.92. The maximum atomic E-state index is 13.6. The minimum Gasteiger partial charge on any atom is -0.378 e. The van der Waals surface area contributed by atoms with E-state index in [0.717, 1.165) is 16.8 Å². The van der Waals surface area contributed by atoms with E-state index in [4.69, 9.17) is 4.74 Å². The van der Waals surface area contributed by atoms with Crippen LogP contribution in [0.25, 0.3) is 17.1 Å². The third-order valence-electron chi connectivity index (χ3n) is 5.44. The Morgan fingerprint density at radius 3 is 2.33 bits per heavy atom. The normalized spacial score (nSPS) is 14.7. The van der Waals surface area contributed by atoms with Gasteiger partial charge >= 0.3 is 0 Å². The zero-order valence-electron chi connectivity index (χ0n) is 17.9. The van der Waals surface area contributed by atoms with E-state index in [9.17, 15) is 4.79 Å². The number of para-hydroxylation sites is 1. The van der Waals surface area contributed by atoms with E-state index in [0.29, 0.717) is 37.3 Å². The van der Waals surface area contributed by atoms with Crippen LogP contribution in [0.3, 0.4) is 0 Å². The van der Waals surface area contributed by atoms with Gasteiger partial charge in [-0.05, 0) is 29.8 Å². The molecule has 1 saturated heterocycles. The van der Waals surface area contributed by atoms with Crippen molar-refractivity contribution >= 4 is 17.7 Å². The van der Waals surface area contributed by atoms with Crippen molar-refractivity contribution in [2.24, 2.45) is 0 Å². The second kappa shape index (κ2) is 9.97. The molecule has 0 spiro atoms. The third-order valence-corrected chi connectivity index (χ3v) is 6.62. The Kier molecular flexibility index (Phi) is 6.46. The molecule has 5 rings (SSSR count). The minimum atomic E-state index is -0.447. The number of nitrogens with zero attached hydrogens (tertiary/aromatic N) is 5. The topological polar surface area (TPSA) is 73.1 Å². The van der Waals surface area contributed by atoms with Crippen LogP contribution < -0.4 is 0 Å². The highest BCUT2D eigenvalue weighted by Gasteiger charge is 2.30. The predicted molar refractivity (Wildman–Crippen MR) is 127 cm³/mol. The van der Waals surface area contributed by atoms with Gasteiger partial charge in [-0.3, -0.25) is 14.3 Å². The maximum absolute atomic E-state index is 13.6. The van der Waals surface area contributed by atoms with Crippen molar-refractivity contribution in [3.63, 3.8) is 0 Å². The Balaban J connectivity index is 1.57. The number of hydrogen-bond acceptors (Lipinski definition) is 6. The first kappa shape index (κ1) is 21.4. The van der Waals surface area contributed by atoms with Crippen molar-refractivity contribution < 1.29 is 9.53 Å². The van der Waals surface area contributed by atoms with Gasteiger partial charge in [0.2, 0.25) is 5.91 Å². The number of aromatic nitrogens is 4. The lowest BCUT2D eigenvalue weighted by atomic mass is 10.1. The Labute approximate surface area is 196 Å². The smallest absolute Gasteiger partial charge is 0.240 e. The molecule has 1 aliphatic heterocycles. The number of carbonyl (C=O) groups is 1. The Hall–Kier alpha value is -3.49. The molecular formula is C25H23N5O2S. The van der Waals surface area contributed by atoms with Crippen LogP contribution >= 0.6 is 11.8 Å². The van der Waals surface area contributed by atoms with Crippen LogP contribution in [0.5, 0.6) is 0 Å². The maximum Gasteiger partial charge on any atom is 0.240 e. The number of ether oxygens (including phenoxy) is 1. The minimum absolute atomic E-state index is 0.0556. The number of carbonyl (C=O) groups excluding carboxylic acids is 1. The van der Waals surface area contributed by atoms with Crippen LogP contribution in [0.4, 0.5) is 0 Å². The van der Waals surface area contributed by atoms with E-state index in [1.54, 1.807) is 12.4 Å². The molecule has 3 heterocycles. The molecule has 0 radical (unpaired) electrons. The first-order valence-corrected chi connectivity index (χ1v) is 11.7. The van der Waals surface area contributed by atoms with Crippen LogP contribution in [0.2, 0.25) is 0 Å². The number of hydrogen-bond donors (Lipinski definition) is 0. The van der Waals surface area contributed by atoms with Gasteiger partial charge in [0.15, 0.2) is 11.0 Å². The molecule has 4 aromatic rings. The van der Waals surface area contributed by atoms with Crippen molar-refractivity contribution in [3.05, 3.63) is 90.8 Å². The number of rotatable bonds is 6. The molecule has 0 bridgehead atoms. The van der Waals surface area contributed by atoms with Gasteiger partial charge in [-0.15, -0.1) is 10.2 Å². The fourth-order valence-electron chi connectivity index (χ4n) is 3.78. The number of morpholine rings is 1. The van der Waals surface area contributed by atoms with Crippen molar-refractivity contribution in [1.82, 2.24) is 24.6 Å². The molecule has 0 aliphatic carbocycles. The van der Waals surface area contributed by atoms with Gasteiger partial charge < -0.3 is 9.64 Å². The lowest BCUT2D eigenvalue weighted by Crippen LogP contribution is -2.42. The number of benzene rings is 2. The molecule has 0 N–H and O–H groups in total. The number of thioether (sulfide) groups is 1. The summed E-state index contributed by atoms with van der Waals surface area (Å²) in [6.45, 7) is 2.30. The first-order valence-electron chi connectivity index (χ1n) is 10.8. The highest BCUT2D eigenvalue weighted by molar-refractivity contribution is 8.00. The number of amides is 1. The van der Waals surface area contributed by atoms with E-state index in [1.165, 1.54) is 11.8 Å². The summed E-state index contributed by atoms with van der Waals surface area (Å²) in [5.41, 5.74) is 2.72. The summed E-state index contributed by atoms with van der Waals surface area (Å²) in [6, 6.07) is 23.6. The Morgan fingerprint density at radius 2 is 1.64 bits per heavy atom. The average Bonchev–Trinajstić information content (AvgIpc) is 3.32. The summed E-state index contributed by atoms with van der Waals surface area (Å²) < 4.78 is 7.44. The summed E-state index contributed by atoms with van der Waals surface area (Å²) in [6.07, 6.45) is 3.50. The molecule has 8 heteroatoms. The largest absolute Gasteiger partial charge is 0.378 e. The van der Waals surface area contributed by atoms with Gasteiger partial charge in [0.25, 0.3) is 0 Å². The van der Waals surface area contributed by atoms with E-state index >= 15 is 0 Å². The van der Waals surface area contributed by atoms with Crippen LogP contribution in [-0.2, 0) is 9.53 Å². The summed E-state index contributed by atoms with van der Waals surface area (Å²) in [5.74, 6) is 0.738. The fraction of sp³-hybridized carbons (Fsp3) is 0.200. The summed E-state index contributed by atoms with van der Waals surface area (Å²) in [5, 5.41) is 9.21. The standard InChI is InChI=1S/C25H23N5O2S/c31-24(29-14-16-32-17-15-29)22(19-8-3-1-4-9-19)33-25-28-27-23(20-10-7-13-26-18-20)30(25)21-11-5-2-6-12-21/h1-13,18,22H,14-17H2/t22-/m1/s1. The predicted octanol–water partition coefficient (Wildman–Crippen LogP) is 4.02. The molecule has 7 nitrogen and oxygen atoms in total. The molecule has 166 valence electrons. The molecule has 1 amide bonds. The second-order valence-corrected chi connectivity index (χ2v) is 8.64. The molecule has 0 saturated carbocycles. The lowest BCUT2D eigenvalue weighted by molar-refractivity contribution is -0.134. The quantitative estimate of drug-likeness (QED) is 0.407. The molecule has 0 unspecified atom stereocenters. The van der Waals surface area contributed by atoms with Gasteiger partial charge in [0.05, 0.1) is 13.2 Å². The molecular weight excluding hydrogens is 434 g/mol. The van der Waals surface area contributed by atoms with Gasteiger partial charge in [-0.25, -0.2) is 0 Å². The third kappa shape index (κ3) is 4.67. The monoisotopic (exact) mass is 457 g/mol. The Bertz CT molecular complexity index is 1200. The number of pyridine rings is 1. The van der Waals surface area contributed by atoms with Gasteiger partial charge in [-0.2, -0.15) is 0 Å². The zero-order chi connectivity index (χ0) is 22.5. The molecule has 1 atom stereocenters. The zero-order valence-corrected chi connectivity index (χ0v) is 18.8. The van der Waals surface area contributed by atoms with Gasteiger partial charge in [0.1, 0.15) is 5.25 Å². The molecule has 2 aromatic carbocycles. The highest BCUT2D eigenvalue weighted by Crippen LogP contribution is 2.38. The van der Waals surface area contributed by atoms with Gasteiger partial charge in [0, 0.05) is 36.7 Å². The van der Waals surface area contributed by atoms with Crippen LogP contribution in [-0.4, -0.2) is 56.9 Å². The van der Waals surface area contributed by atoms with Gasteiger partial charge in [-0.1, -0.05) is 60.3 Å². The van der Waals surface area contributed by atoms with E-state index in [2.05, 4.69) is 15.2 Å². The van der Waals surface area contributed by atoms with E-state index in [1.807, 2.05) is 82.3 Å². The summed E-state index contributed by atoms with van der Waals surface area (Å²) in [4.78, 5) is 19.7. The summed E-state index contributed by atoms with van der Waals surface area (Å²) in [7, 11) is 0. The van der Waals surface area contributed by atoms with E-state index in [-0.39, 0.29) is 5.91 Å². The van der Waals surface area contributed by atoms with Crippen LogP contribution in [0.15, 0.2) is 90.3 Å². The summed E-state index contributed by atoms with van der Waals surface area (Å²) >= 11 is 1.42. The lowest BCUT2D eigenvalue weighted by Gasteiger charge is -2.30. The molecule has 1 fully saturated rings. The second-order valence-electron chi connectivity index (χ2n) is 7.57. The van der Waals surface area contributed by atoms with Crippen molar-refractivity contribution in [1.29, 1.82) is 0 Å². The SMILES string of the molecule is O=C([C@H](Sc1nnc(-c2cccnc2)n1-c1ccccc1)c1ccccc1)N1CCOCC1. The van der Waals surface area contributed by atoms with Crippen molar-refractivity contribution in [2.45, 2.75) is 10.4 Å². The van der Waals surface area contributed by atoms with Crippen molar-refractivity contribution in [2.75, 3.05) is 26.3 Å². The Morgan fingerprint density at radius 1 is 0.909 bits per heavy atom. The van der Waals surface area contributed by atoms with Crippen molar-refractivity contribution in [3.8, 4) is 17.1 Å². The van der Waals surface area contributed by atoms with Crippen LogP contribution in [0.1, 0.15) is 10.8 Å². The van der Waals surface area contributed by atoms with Crippen LogP contribution in [0, 0.1) is 0 Å². The molecule has 33 heavy (non-hydrogen) atoms. The molecule has 1 aliphatic rings. The average molecular weight is 458 g/mol.